The van der Waals surface area contributed by atoms with Crippen molar-refractivity contribution >= 4 is 5.97 Å². The molecule has 0 fully saturated rings. The molecule has 0 unspecified atom stereocenters. The normalized spacial score (nSPS) is 10.8. The van der Waals surface area contributed by atoms with Gasteiger partial charge in [-0.25, -0.2) is 0 Å². The summed E-state index contributed by atoms with van der Waals surface area (Å²) in [7, 11) is 3.44. The van der Waals surface area contributed by atoms with E-state index in [1.165, 1.54) is 7.11 Å². The molecular formula is C16H19NO3. The Morgan fingerprint density at radius 2 is 1.90 bits per heavy atom. The first-order valence-corrected chi connectivity index (χ1v) is 6.53. The molecule has 0 radical (unpaired) electrons. The molecule has 0 aliphatic heterocycles. The van der Waals surface area contributed by atoms with Crippen molar-refractivity contribution in [2.24, 2.45) is 0 Å². The van der Waals surface area contributed by atoms with E-state index in [1.54, 1.807) is 6.26 Å². The van der Waals surface area contributed by atoms with Crippen LogP contribution in [-0.2, 0) is 29.0 Å². The number of hydrogen-bond acceptors (Lipinski definition) is 4. The molecule has 2 rings (SSSR count). The largest absolute Gasteiger partial charge is 0.469 e. The molecule has 0 N–H and O–H groups in total. The SMILES string of the molecule is COC(=O)Cc1ccccc1CN(C)Cc1ccco1. The monoisotopic (exact) mass is 273 g/mol. The molecule has 106 valence electrons. The molecular weight excluding hydrogens is 254 g/mol. The average molecular weight is 273 g/mol. The molecule has 1 aromatic carbocycles. The summed E-state index contributed by atoms with van der Waals surface area (Å²) in [4.78, 5) is 13.6. The van der Waals surface area contributed by atoms with Gasteiger partial charge in [-0.2, -0.15) is 0 Å². The van der Waals surface area contributed by atoms with Crippen molar-refractivity contribution < 1.29 is 13.9 Å². The summed E-state index contributed by atoms with van der Waals surface area (Å²) in [6.45, 7) is 1.49. The highest BCUT2D eigenvalue weighted by Gasteiger charge is 2.10. The smallest absolute Gasteiger partial charge is 0.309 e. The van der Waals surface area contributed by atoms with E-state index in [1.807, 2.05) is 43.4 Å². The Bertz CT molecular complexity index is 549. The summed E-state index contributed by atoms with van der Waals surface area (Å²) >= 11 is 0. The molecule has 0 amide bonds. The Balaban J connectivity index is 2.02. The second-order valence-electron chi connectivity index (χ2n) is 4.77. The summed E-state index contributed by atoms with van der Waals surface area (Å²) < 4.78 is 10.1. The van der Waals surface area contributed by atoms with Crippen molar-refractivity contribution in [3.63, 3.8) is 0 Å². The number of carbonyl (C=O) groups is 1. The molecule has 1 aromatic heterocycles. The zero-order valence-corrected chi connectivity index (χ0v) is 11.8. The summed E-state index contributed by atoms with van der Waals surface area (Å²) in [5.41, 5.74) is 2.14. The van der Waals surface area contributed by atoms with Crippen LogP contribution in [0.25, 0.3) is 0 Å². The van der Waals surface area contributed by atoms with Crippen LogP contribution in [0.4, 0.5) is 0 Å². The van der Waals surface area contributed by atoms with Crippen LogP contribution in [0.1, 0.15) is 16.9 Å². The maximum Gasteiger partial charge on any atom is 0.309 e. The van der Waals surface area contributed by atoms with Crippen molar-refractivity contribution in [3.8, 4) is 0 Å². The van der Waals surface area contributed by atoms with Crippen LogP contribution >= 0.6 is 0 Å². The van der Waals surface area contributed by atoms with Gasteiger partial charge < -0.3 is 9.15 Å². The molecule has 4 heteroatoms. The van der Waals surface area contributed by atoms with Crippen LogP contribution in [0.15, 0.2) is 47.1 Å². The van der Waals surface area contributed by atoms with Gasteiger partial charge in [0.15, 0.2) is 0 Å². The fraction of sp³-hybridized carbons (Fsp3) is 0.312. The minimum Gasteiger partial charge on any atom is -0.469 e. The fourth-order valence-electron chi connectivity index (χ4n) is 2.13. The third kappa shape index (κ3) is 3.96. The maximum absolute atomic E-state index is 11.4. The van der Waals surface area contributed by atoms with E-state index in [0.717, 1.165) is 30.0 Å². The lowest BCUT2D eigenvalue weighted by Gasteiger charge is -2.17. The number of methoxy groups -OCH3 is 1. The molecule has 2 aromatic rings. The van der Waals surface area contributed by atoms with Gasteiger partial charge in [0.1, 0.15) is 5.76 Å². The average Bonchev–Trinajstić information content (AvgIpc) is 2.93. The van der Waals surface area contributed by atoms with Crippen LogP contribution < -0.4 is 0 Å². The topological polar surface area (TPSA) is 42.7 Å². The number of hydrogen-bond donors (Lipinski definition) is 0. The van der Waals surface area contributed by atoms with Crippen LogP contribution in [-0.4, -0.2) is 25.0 Å². The molecule has 0 aliphatic rings. The zero-order valence-electron chi connectivity index (χ0n) is 11.8. The van der Waals surface area contributed by atoms with Gasteiger partial charge in [-0.3, -0.25) is 9.69 Å². The van der Waals surface area contributed by atoms with Crippen LogP contribution in [0.2, 0.25) is 0 Å². The molecule has 0 bridgehead atoms. The molecule has 0 aliphatic carbocycles. The zero-order chi connectivity index (χ0) is 14.4. The van der Waals surface area contributed by atoms with Gasteiger partial charge in [-0.05, 0) is 30.3 Å². The van der Waals surface area contributed by atoms with Crippen molar-refractivity contribution in [3.05, 3.63) is 59.5 Å². The Morgan fingerprint density at radius 3 is 2.55 bits per heavy atom. The quantitative estimate of drug-likeness (QED) is 0.759. The molecule has 0 saturated carbocycles. The fourth-order valence-corrected chi connectivity index (χ4v) is 2.13. The minimum atomic E-state index is -0.217. The molecule has 1 heterocycles. The van der Waals surface area contributed by atoms with Gasteiger partial charge in [-0.1, -0.05) is 24.3 Å². The van der Waals surface area contributed by atoms with E-state index in [9.17, 15) is 4.79 Å². The van der Waals surface area contributed by atoms with E-state index in [0.29, 0.717) is 6.42 Å². The van der Waals surface area contributed by atoms with Crippen LogP contribution in [0.3, 0.4) is 0 Å². The van der Waals surface area contributed by atoms with Crippen molar-refractivity contribution in [1.29, 1.82) is 0 Å². The molecule has 0 saturated heterocycles. The summed E-state index contributed by atoms with van der Waals surface area (Å²) in [6, 6.07) is 11.8. The number of carbonyl (C=O) groups excluding carboxylic acids is 1. The van der Waals surface area contributed by atoms with E-state index in [-0.39, 0.29) is 5.97 Å². The van der Waals surface area contributed by atoms with Crippen molar-refractivity contribution in [1.82, 2.24) is 4.90 Å². The number of benzene rings is 1. The van der Waals surface area contributed by atoms with Gasteiger partial charge in [0.25, 0.3) is 0 Å². The van der Waals surface area contributed by atoms with Crippen molar-refractivity contribution in [2.75, 3.05) is 14.2 Å². The number of esters is 1. The van der Waals surface area contributed by atoms with Gasteiger partial charge in [0, 0.05) is 6.54 Å². The predicted octanol–water partition coefficient (Wildman–Crippen LogP) is 2.63. The van der Waals surface area contributed by atoms with E-state index in [4.69, 9.17) is 9.15 Å². The first-order valence-electron chi connectivity index (χ1n) is 6.53. The second kappa shape index (κ2) is 6.91. The van der Waals surface area contributed by atoms with E-state index < -0.39 is 0 Å². The molecule has 4 nitrogen and oxygen atoms in total. The first-order chi connectivity index (χ1) is 9.69. The van der Waals surface area contributed by atoms with Gasteiger partial charge in [0.2, 0.25) is 0 Å². The standard InChI is InChI=1S/C16H19NO3/c1-17(12-15-8-5-9-20-15)11-14-7-4-3-6-13(14)10-16(18)19-2/h3-9H,10-12H2,1-2H3. The lowest BCUT2D eigenvalue weighted by molar-refractivity contribution is -0.139. The third-order valence-electron chi connectivity index (χ3n) is 3.13. The van der Waals surface area contributed by atoms with Gasteiger partial charge in [-0.15, -0.1) is 0 Å². The minimum absolute atomic E-state index is 0.217. The lowest BCUT2D eigenvalue weighted by Crippen LogP contribution is -2.18. The Morgan fingerprint density at radius 1 is 1.15 bits per heavy atom. The highest BCUT2D eigenvalue weighted by atomic mass is 16.5. The van der Waals surface area contributed by atoms with Gasteiger partial charge in [0.05, 0.1) is 26.3 Å². The van der Waals surface area contributed by atoms with E-state index >= 15 is 0 Å². The lowest BCUT2D eigenvalue weighted by atomic mass is 10.0. The molecule has 0 spiro atoms. The van der Waals surface area contributed by atoms with Crippen LogP contribution in [0, 0.1) is 0 Å². The first kappa shape index (κ1) is 14.3. The van der Waals surface area contributed by atoms with Gasteiger partial charge >= 0.3 is 5.97 Å². The number of furan rings is 1. The third-order valence-corrected chi connectivity index (χ3v) is 3.13. The van der Waals surface area contributed by atoms with Crippen LogP contribution in [0.5, 0.6) is 0 Å². The summed E-state index contributed by atoms with van der Waals surface area (Å²) in [5, 5.41) is 0. The summed E-state index contributed by atoms with van der Waals surface area (Å²) in [6.07, 6.45) is 1.98. The molecule has 0 atom stereocenters. The highest BCUT2D eigenvalue weighted by Crippen LogP contribution is 2.14. The van der Waals surface area contributed by atoms with Crippen molar-refractivity contribution in [2.45, 2.75) is 19.5 Å². The number of rotatable bonds is 6. The Hall–Kier alpha value is -2.07. The Labute approximate surface area is 119 Å². The second-order valence-corrected chi connectivity index (χ2v) is 4.77. The Kier molecular flexibility index (Phi) is 4.96. The summed E-state index contributed by atoms with van der Waals surface area (Å²) in [5.74, 6) is 0.712. The molecule has 20 heavy (non-hydrogen) atoms. The predicted molar refractivity (Wildman–Crippen MR) is 76.0 cm³/mol. The maximum atomic E-state index is 11.4. The number of nitrogens with zero attached hydrogens (tertiary/aromatic N) is 1. The van der Waals surface area contributed by atoms with E-state index in [2.05, 4.69) is 4.90 Å². The highest BCUT2D eigenvalue weighted by molar-refractivity contribution is 5.72. The number of ether oxygens (including phenoxy) is 1.